The Balaban J connectivity index is 0.00000272. The van der Waals surface area contributed by atoms with E-state index in [2.05, 4.69) is 35.6 Å². The summed E-state index contributed by atoms with van der Waals surface area (Å²) in [5, 5.41) is 16.2. The van der Waals surface area contributed by atoms with Crippen LogP contribution >= 0.6 is 23.5 Å². The van der Waals surface area contributed by atoms with Crippen molar-refractivity contribution in [3.63, 3.8) is 0 Å². The third kappa shape index (κ3) is 6.44. The van der Waals surface area contributed by atoms with Crippen LogP contribution < -0.4 is 5.32 Å². The van der Waals surface area contributed by atoms with Gasteiger partial charge in [-0.25, -0.2) is 14.4 Å². The van der Waals surface area contributed by atoms with Crippen molar-refractivity contribution in [1.29, 1.82) is 0 Å². The summed E-state index contributed by atoms with van der Waals surface area (Å²) < 4.78 is 14.8. The van der Waals surface area contributed by atoms with Gasteiger partial charge in [-0.1, -0.05) is 11.8 Å². The van der Waals surface area contributed by atoms with Crippen molar-refractivity contribution in [3.05, 3.63) is 60.1 Å². The fourth-order valence-corrected chi connectivity index (χ4v) is 3.93. The van der Waals surface area contributed by atoms with Gasteiger partial charge in [0.1, 0.15) is 21.7 Å². The Bertz CT molecular complexity index is 1200. The number of hydrogen-bond donors (Lipinski definition) is 2. The van der Waals surface area contributed by atoms with Crippen LogP contribution in [0.25, 0.3) is 0 Å². The first kappa shape index (κ1) is 24.0. The van der Waals surface area contributed by atoms with Gasteiger partial charge in [0.25, 0.3) is 5.91 Å². The van der Waals surface area contributed by atoms with E-state index >= 15 is 0 Å². The number of carbonyl (C=O) groups is 1. The molecule has 31 heavy (non-hydrogen) atoms. The number of aromatic nitrogens is 7. The van der Waals surface area contributed by atoms with Crippen LogP contribution in [0, 0.1) is 12.7 Å². The van der Waals surface area contributed by atoms with Gasteiger partial charge < -0.3 is 10.3 Å². The third-order valence-electron chi connectivity index (χ3n) is 3.70. The van der Waals surface area contributed by atoms with Gasteiger partial charge in [0.15, 0.2) is 16.7 Å². The van der Waals surface area contributed by atoms with E-state index in [0.29, 0.717) is 26.9 Å². The van der Waals surface area contributed by atoms with Gasteiger partial charge >= 0.3 is 51.4 Å². The molecule has 3 heterocycles. The quantitative estimate of drug-likeness (QED) is 0.403. The van der Waals surface area contributed by atoms with Crippen LogP contribution in [-0.2, 0) is 7.05 Å². The number of carbonyl (C=O) groups excluding carboxylic acids is 1. The maximum atomic E-state index is 13.2. The Hall–Kier alpha value is -1.61. The van der Waals surface area contributed by atoms with E-state index in [1.807, 2.05) is 0 Å². The summed E-state index contributed by atoms with van der Waals surface area (Å²) in [7, 11) is 1.75. The molecule has 0 spiro atoms. The molecule has 0 fully saturated rings. The average molecular weight is 483 g/mol. The molecular weight excluding hydrogens is 466 g/mol. The van der Waals surface area contributed by atoms with E-state index in [1.54, 1.807) is 49.2 Å². The summed E-state index contributed by atoms with van der Waals surface area (Å²) in [5.41, 5.74) is 0.121. The number of aromatic amines is 1. The van der Waals surface area contributed by atoms with Gasteiger partial charge in [0.2, 0.25) is 0 Å². The zero-order valence-corrected chi connectivity index (χ0v) is 17.5. The zero-order chi connectivity index (χ0) is 21.1. The van der Waals surface area contributed by atoms with Gasteiger partial charge in [-0.2, -0.15) is 5.10 Å². The van der Waals surface area contributed by atoms with Crippen molar-refractivity contribution in [3.8, 4) is 0 Å². The minimum atomic E-state index is -0.456. The van der Waals surface area contributed by atoms with E-state index < -0.39 is 5.91 Å². The van der Waals surface area contributed by atoms with Gasteiger partial charge in [0, 0.05) is 24.2 Å². The summed E-state index contributed by atoms with van der Waals surface area (Å²) in [6, 6.07) is 7.60. The van der Waals surface area contributed by atoms with Crippen LogP contribution in [0.1, 0.15) is 16.3 Å². The predicted octanol–water partition coefficient (Wildman–Crippen LogP) is 2.68. The summed E-state index contributed by atoms with van der Waals surface area (Å²) in [6.07, 6.45) is 3.26. The number of hydrogen-bond acceptors (Lipinski definition) is 8. The summed E-state index contributed by atoms with van der Waals surface area (Å²) in [5.74, 6) is 0.266. The summed E-state index contributed by atoms with van der Waals surface area (Å²) in [6.45, 7) is 1.79. The number of benzene rings is 1. The van der Waals surface area contributed by atoms with Gasteiger partial charge in [-0.3, -0.25) is 9.48 Å². The molecule has 0 aliphatic heterocycles. The standard InChI is InChI=1S/C18H15FN8OS2.K.H/c1-10-21-18(25-24-10)30-14-9-20-17(29-12-5-3-11(19)4-6-12)15(23-14)16(28)22-13-7-8-27(2)26-13;;/h3-9H,1-2H3,(H,21,24,25)(H,22,26,28);;. The number of H-pyrrole nitrogens is 1. The summed E-state index contributed by atoms with van der Waals surface area (Å²) >= 11 is 2.42. The van der Waals surface area contributed by atoms with Crippen LogP contribution in [0.15, 0.2) is 62.8 Å². The molecule has 0 atom stereocenters. The molecular formula is C18H16FKN8OS2. The molecule has 9 nitrogen and oxygen atoms in total. The van der Waals surface area contributed by atoms with E-state index in [0.717, 1.165) is 4.90 Å². The fourth-order valence-electron chi connectivity index (χ4n) is 2.38. The molecule has 0 bridgehead atoms. The molecule has 1 amide bonds. The number of halogens is 1. The number of rotatable bonds is 6. The van der Waals surface area contributed by atoms with Crippen molar-refractivity contribution >= 4 is 86.6 Å². The molecule has 0 saturated heterocycles. The molecule has 3 aromatic heterocycles. The van der Waals surface area contributed by atoms with Crippen LogP contribution in [0.2, 0.25) is 0 Å². The number of amides is 1. The first-order valence-electron chi connectivity index (χ1n) is 8.65. The van der Waals surface area contributed by atoms with Gasteiger partial charge in [0.05, 0.1) is 6.20 Å². The van der Waals surface area contributed by atoms with Crippen molar-refractivity contribution in [2.24, 2.45) is 7.05 Å². The van der Waals surface area contributed by atoms with E-state index in [4.69, 9.17) is 0 Å². The normalized spacial score (nSPS) is 10.5. The molecule has 0 aliphatic carbocycles. The minimum absolute atomic E-state index is 0. The second-order valence-corrected chi connectivity index (χ2v) is 8.14. The van der Waals surface area contributed by atoms with Crippen molar-refractivity contribution < 1.29 is 9.18 Å². The molecule has 4 aromatic rings. The number of aryl methyl sites for hydroxylation is 2. The maximum absolute atomic E-state index is 13.2. The Morgan fingerprint density at radius 1 is 1.16 bits per heavy atom. The molecule has 1 aromatic carbocycles. The van der Waals surface area contributed by atoms with Crippen molar-refractivity contribution in [1.82, 2.24) is 34.9 Å². The average Bonchev–Trinajstić information content (AvgIpc) is 3.32. The first-order valence-corrected chi connectivity index (χ1v) is 10.3. The van der Waals surface area contributed by atoms with Crippen LogP contribution in [0.3, 0.4) is 0 Å². The number of nitrogens with one attached hydrogen (secondary N) is 2. The molecule has 13 heteroatoms. The molecule has 154 valence electrons. The van der Waals surface area contributed by atoms with Gasteiger partial charge in [-0.15, -0.1) is 10.2 Å². The van der Waals surface area contributed by atoms with Crippen molar-refractivity contribution in [2.45, 2.75) is 27.0 Å². The summed E-state index contributed by atoms with van der Waals surface area (Å²) in [4.78, 5) is 25.5. The predicted molar refractivity (Wildman–Crippen MR) is 116 cm³/mol. The molecule has 0 aliphatic rings. The second-order valence-electron chi connectivity index (χ2n) is 6.06. The fraction of sp³-hybridized carbons (Fsp3) is 0.111. The third-order valence-corrected chi connectivity index (χ3v) is 5.48. The number of anilines is 1. The van der Waals surface area contributed by atoms with Gasteiger partial charge in [-0.05, 0) is 43.0 Å². The van der Waals surface area contributed by atoms with Crippen LogP contribution in [-0.4, -0.2) is 92.2 Å². The van der Waals surface area contributed by atoms with Crippen LogP contribution in [0.5, 0.6) is 0 Å². The Morgan fingerprint density at radius 3 is 2.58 bits per heavy atom. The molecule has 2 N–H and O–H groups in total. The molecule has 0 saturated carbocycles. The van der Waals surface area contributed by atoms with E-state index in [1.165, 1.54) is 35.7 Å². The molecule has 0 radical (unpaired) electrons. The van der Waals surface area contributed by atoms with E-state index in [-0.39, 0.29) is 62.9 Å². The SMILES string of the molecule is Cc1nnc(Sc2cnc(Sc3ccc(F)cc3)c(C(=O)Nc3ccn(C)n3)n2)[nH]1.[KH]. The molecule has 4 rings (SSSR count). The second kappa shape index (κ2) is 10.8. The number of nitrogens with zero attached hydrogens (tertiary/aromatic N) is 6. The topological polar surface area (TPSA) is 114 Å². The first-order chi connectivity index (χ1) is 14.5. The van der Waals surface area contributed by atoms with E-state index in [9.17, 15) is 9.18 Å². The Morgan fingerprint density at radius 2 is 1.94 bits per heavy atom. The monoisotopic (exact) mass is 482 g/mol. The molecule has 0 unspecified atom stereocenters. The Labute approximate surface area is 227 Å². The zero-order valence-electron chi connectivity index (χ0n) is 15.8. The van der Waals surface area contributed by atoms with Crippen LogP contribution in [0.4, 0.5) is 10.2 Å². The van der Waals surface area contributed by atoms with Crippen molar-refractivity contribution in [2.75, 3.05) is 5.32 Å². The Kier molecular flexibility index (Phi) is 8.38.